The Morgan fingerprint density at radius 3 is 2.43 bits per heavy atom. The molecule has 1 aliphatic carbocycles. The van der Waals surface area contributed by atoms with Crippen LogP contribution in [0.3, 0.4) is 0 Å². The zero-order chi connectivity index (χ0) is 34.2. The Kier molecular flexibility index (Phi) is 11.8. The van der Waals surface area contributed by atoms with Gasteiger partial charge in [0.15, 0.2) is 17.3 Å². The molecule has 1 aromatic heterocycles. The Bertz CT molecular complexity index is 1640. The molecule has 1 heterocycles. The minimum absolute atomic E-state index is 0.0769. The molecule has 0 spiro atoms. The predicted octanol–water partition coefficient (Wildman–Crippen LogP) is 4.95. The van der Waals surface area contributed by atoms with Crippen LogP contribution in [-0.2, 0) is 22.4 Å². The number of carbonyl (C=O) groups is 2. The minimum atomic E-state index is -0.664. The van der Waals surface area contributed by atoms with E-state index in [2.05, 4.69) is 26.1 Å². The van der Waals surface area contributed by atoms with Crippen LogP contribution in [0.1, 0.15) is 88.7 Å². The number of fused-ring (bicyclic) bond motifs is 3. The van der Waals surface area contributed by atoms with Crippen molar-refractivity contribution < 1.29 is 28.3 Å². The van der Waals surface area contributed by atoms with Crippen molar-refractivity contribution in [2.45, 2.75) is 84.7 Å². The normalized spacial score (nSPS) is 15.0. The number of ether oxygens (including phenoxy) is 3. The second kappa shape index (κ2) is 15.8. The summed E-state index contributed by atoms with van der Waals surface area (Å²) < 4.78 is 22.5. The number of carbonyl (C=O) groups excluding carboxylic acids is 2. The highest BCUT2D eigenvalue weighted by atomic mass is 16.5. The summed E-state index contributed by atoms with van der Waals surface area (Å²) in [6.07, 6.45) is 3.02. The van der Waals surface area contributed by atoms with E-state index in [-0.39, 0.29) is 34.8 Å². The van der Waals surface area contributed by atoms with Gasteiger partial charge < -0.3 is 34.7 Å². The van der Waals surface area contributed by atoms with E-state index in [1.54, 1.807) is 33.5 Å². The highest BCUT2D eigenvalue weighted by molar-refractivity contribution is 5.86. The first-order chi connectivity index (χ1) is 22.5. The molecule has 0 fully saturated rings. The van der Waals surface area contributed by atoms with Crippen molar-refractivity contribution in [3.63, 3.8) is 0 Å². The van der Waals surface area contributed by atoms with Crippen molar-refractivity contribution in [3.05, 3.63) is 57.3 Å². The molecule has 0 aliphatic heterocycles. The average molecular weight is 650 g/mol. The molecule has 2 aromatic carbocycles. The van der Waals surface area contributed by atoms with Gasteiger partial charge in [-0.05, 0) is 60.1 Å². The molecule has 0 radical (unpaired) electrons. The molecule has 4 rings (SSSR count). The molecular weight excluding hydrogens is 602 g/mol. The molecule has 12 nitrogen and oxygen atoms in total. The Labute approximate surface area is 276 Å². The van der Waals surface area contributed by atoms with Crippen LogP contribution in [0.15, 0.2) is 33.6 Å². The first-order valence-electron chi connectivity index (χ1n) is 16.2. The van der Waals surface area contributed by atoms with Gasteiger partial charge in [0.05, 0.1) is 33.1 Å². The summed E-state index contributed by atoms with van der Waals surface area (Å²) in [5.41, 5.74) is 3.02. The molecule has 3 N–H and O–H groups in total. The van der Waals surface area contributed by atoms with Gasteiger partial charge >= 0.3 is 0 Å². The van der Waals surface area contributed by atoms with Crippen molar-refractivity contribution in [2.24, 2.45) is 5.92 Å². The number of rotatable bonds is 14. The number of aryl methyl sites for hydroxylation is 2. The first-order valence-corrected chi connectivity index (χ1v) is 16.2. The third kappa shape index (κ3) is 8.04. The van der Waals surface area contributed by atoms with E-state index in [9.17, 15) is 14.4 Å². The number of aromatic nitrogens is 2. The minimum Gasteiger partial charge on any atom is -0.493 e. The third-order valence-corrected chi connectivity index (χ3v) is 8.59. The first kappa shape index (κ1) is 35.2. The van der Waals surface area contributed by atoms with Crippen LogP contribution < -0.4 is 35.6 Å². The number of methoxy groups -OCH3 is 3. The van der Waals surface area contributed by atoms with Crippen molar-refractivity contribution in [1.82, 2.24) is 20.8 Å². The lowest BCUT2D eigenvalue weighted by Gasteiger charge is -2.24. The lowest BCUT2D eigenvalue weighted by Crippen LogP contribution is -2.44. The molecule has 0 bridgehead atoms. The van der Waals surface area contributed by atoms with Crippen molar-refractivity contribution in [2.75, 3.05) is 33.2 Å². The standard InChI is InChI=1S/C35H47N5O7/c1-9-20(4)31(35(43)36-16-10-11-29-39-34(19(2)3)40-47-29)38-26-15-13-23-24(18-27(26)42)25(37-21(5)41)14-12-22-17-28(44-6)32(45-7)33(46-8)30(22)23/h13,15,17-20,25,31H,9-12,14,16H2,1-8H3,(H,36,43)(H,37,41)(H,38,42). The van der Waals surface area contributed by atoms with Crippen LogP contribution in [0.2, 0.25) is 0 Å². The Morgan fingerprint density at radius 2 is 1.81 bits per heavy atom. The fourth-order valence-corrected chi connectivity index (χ4v) is 5.86. The van der Waals surface area contributed by atoms with E-state index in [0.717, 1.165) is 11.1 Å². The second-order valence-corrected chi connectivity index (χ2v) is 12.2. The van der Waals surface area contributed by atoms with Gasteiger partial charge in [-0.1, -0.05) is 45.3 Å². The van der Waals surface area contributed by atoms with Crippen molar-refractivity contribution in [1.29, 1.82) is 0 Å². The number of hydrogen-bond donors (Lipinski definition) is 3. The van der Waals surface area contributed by atoms with Gasteiger partial charge in [0.25, 0.3) is 0 Å². The number of anilines is 1. The molecule has 254 valence electrons. The van der Waals surface area contributed by atoms with E-state index < -0.39 is 12.1 Å². The maximum absolute atomic E-state index is 13.9. The molecule has 2 amide bonds. The van der Waals surface area contributed by atoms with Gasteiger partial charge in [0.2, 0.25) is 28.9 Å². The Morgan fingerprint density at radius 1 is 1.06 bits per heavy atom. The fourth-order valence-electron chi connectivity index (χ4n) is 5.86. The average Bonchev–Trinajstić information content (AvgIpc) is 3.42. The van der Waals surface area contributed by atoms with Crippen molar-refractivity contribution in [3.8, 4) is 28.4 Å². The molecule has 3 aromatic rings. The second-order valence-electron chi connectivity index (χ2n) is 12.2. The van der Waals surface area contributed by atoms with Crippen molar-refractivity contribution >= 4 is 17.5 Å². The molecule has 3 unspecified atom stereocenters. The largest absolute Gasteiger partial charge is 0.493 e. The summed E-state index contributed by atoms with van der Waals surface area (Å²) in [7, 11) is 4.67. The summed E-state index contributed by atoms with van der Waals surface area (Å²) in [6.45, 7) is 9.84. The van der Waals surface area contributed by atoms with E-state index in [1.165, 1.54) is 6.92 Å². The summed E-state index contributed by atoms with van der Waals surface area (Å²) in [5.74, 6) is 2.31. The van der Waals surface area contributed by atoms with Gasteiger partial charge in [-0.2, -0.15) is 4.98 Å². The summed E-state index contributed by atoms with van der Waals surface area (Å²) in [5, 5.41) is 13.3. The molecule has 3 atom stereocenters. The lowest BCUT2D eigenvalue weighted by atomic mass is 9.95. The zero-order valence-electron chi connectivity index (χ0n) is 28.6. The van der Waals surface area contributed by atoms with E-state index in [0.29, 0.717) is 78.7 Å². The van der Waals surface area contributed by atoms with Crippen LogP contribution in [0, 0.1) is 5.92 Å². The number of nitrogens with zero attached hydrogens (tertiary/aromatic N) is 2. The van der Waals surface area contributed by atoms with Crippen LogP contribution in [0.5, 0.6) is 17.2 Å². The zero-order valence-corrected chi connectivity index (χ0v) is 28.6. The van der Waals surface area contributed by atoms with Gasteiger partial charge in [0.1, 0.15) is 6.04 Å². The maximum atomic E-state index is 13.9. The van der Waals surface area contributed by atoms with Crippen LogP contribution in [-0.4, -0.2) is 55.9 Å². The van der Waals surface area contributed by atoms with Crippen LogP contribution in [0.4, 0.5) is 5.69 Å². The van der Waals surface area contributed by atoms with E-state index in [1.807, 2.05) is 39.8 Å². The smallest absolute Gasteiger partial charge is 0.242 e. The SMILES string of the molecule is CCC(C)C(Nc1ccc2c(cc1=O)C(NC(C)=O)CCc1cc(OC)c(OC)c(OC)c1-2)C(=O)NCCCc1nc(C(C)C)no1. The maximum Gasteiger partial charge on any atom is 0.242 e. The predicted molar refractivity (Wildman–Crippen MR) is 179 cm³/mol. The third-order valence-electron chi connectivity index (χ3n) is 8.59. The van der Waals surface area contributed by atoms with Gasteiger partial charge in [-0.25, -0.2) is 0 Å². The quantitative estimate of drug-likeness (QED) is 0.205. The molecule has 12 heteroatoms. The number of amides is 2. The Hall–Kier alpha value is -4.61. The van der Waals surface area contributed by atoms with Crippen LogP contribution in [0.25, 0.3) is 11.1 Å². The monoisotopic (exact) mass is 649 g/mol. The number of benzene rings is 1. The number of hydrogen-bond acceptors (Lipinski definition) is 10. The molecule has 1 aliphatic rings. The van der Waals surface area contributed by atoms with E-state index in [4.69, 9.17) is 18.7 Å². The highest BCUT2D eigenvalue weighted by Crippen LogP contribution is 2.50. The van der Waals surface area contributed by atoms with Gasteiger partial charge in [-0.15, -0.1) is 0 Å². The van der Waals surface area contributed by atoms with Crippen LogP contribution >= 0.6 is 0 Å². The Balaban J connectivity index is 1.67. The molecule has 0 saturated carbocycles. The summed E-state index contributed by atoms with van der Waals surface area (Å²) >= 11 is 0. The van der Waals surface area contributed by atoms with Gasteiger partial charge in [-0.3, -0.25) is 14.4 Å². The van der Waals surface area contributed by atoms with E-state index >= 15 is 0 Å². The number of nitrogens with one attached hydrogen (secondary N) is 3. The molecule has 0 saturated heterocycles. The molecule has 47 heavy (non-hydrogen) atoms. The lowest BCUT2D eigenvalue weighted by molar-refractivity contribution is -0.123. The van der Waals surface area contributed by atoms with Gasteiger partial charge in [0, 0.05) is 31.4 Å². The molecular formula is C35H47N5O7. The topological polar surface area (TPSA) is 154 Å². The summed E-state index contributed by atoms with van der Waals surface area (Å²) in [6, 6.07) is 5.89. The highest BCUT2D eigenvalue weighted by Gasteiger charge is 2.30. The fraction of sp³-hybridized carbons (Fsp3) is 0.514. The summed E-state index contributed by atoms with van der Waals surface area (Å²) in [4.78, 5) is 44.0.